The first-order valence-corrected chi connectivity index (χ1v) is 7.26. The van der Waals surface area contributed by atoms with Crippen LogP contribution in [0.5, 0.6) is 0 Å². The van der Waals surface area contributed by atoms with Gasteiger partial charge in [0.2, 0.25) is 0 Å². The van der Waals surface area contributed by atoms with Crippen molar-refractivity contribution in [3.8, 4) is 11.1 Å². The van der Waals surface area contributed by atoms with Crippen molar-refractivity contribution < 1.29 is 0 Å². The molecule has 0 saturated carbocycles. The minimum Gasteiger partial charge on any atom is -0.397 e. The molecule has 4 N–H and O–H groups in total. The van der Waals surface area contributed by atoms with Crippen LogP contribution in [0.25, 0.3) is 11.1 Å². The molecule has 1 heterocycles. The van der Waals surface area contributed by atoms with Crippen LogP contribution in [-0.4, -0.2) is 22.2 Å². The van der Waals surface area contributed by atoms with E-state index in [4.69, 9.17) is 11.1 Å². The first-order valence-electron chi connectivity index (χ1n) is 7.26. The molecule has 23 heavy (non-hydrogen) atoms. The number of aryl methyl sites for hydroxylation is 2. The Morgan fingerprint density at radius 3 is 2.48 bits per heavy atom. The minimum absolute atomic E-state index is 0.203. The first kappa shape index (κ1) is 16.4. The van der Waals surface area contributed by atoms with Crippen molar-refractivity contribution in [2.45, 2.75) is 13.8 Å². The SMILES string of the molecule is C=CCNc1c(C)cc(-c2cnc(C)nc2)cc1C(=N)C(=C)N. The summed E-state index contributed by atoms with van der Waals surface area (Å²) in [7, 11) is 0. The Morgan fingerprint density at radius 2 is 1.91 bits per heavy atom. The van der Waals surface area contributed by atoms with Gasteiger partial charge in [-0.05, 0) is 37.1 Å². The van der Waals surface area contributed by atoms with Crippen molar-refractivity contribution in [1.29, 1.82) is 5.41 Å². The van der Waals surface area contributed by atoms with Crippen molar-refractivity contribution in [2.75, 3.05) is 11.9 Å². The third-order valence-corrected chi connectivity index (χ3v) is 3.46. The highest BCUT2D eigenvalue weighted by Gasteiger charge is 2.14. The lowest BCUT2D eigenvalue weighted by atomic mass is 9.96. The van der Waals surface area contributed by atoms with E-state index in [0.717, 1.165) is 28.2 Å². The highest BCUT2D eigenvalue weighted by Crippen LogP contribution is 2.29. The van der Waals surface area contributed by atoms with Crippen molar-refractivity contribution in [2.24, 2.45) is 5.73 Å². The number of allylic oxidation sites excluding steroid dienone is 1. The molecule has 2 aromatic rings. The molecular formula is C18H21N5. The summed E-state index contributed by atoms with van der Waals surface area (Å²) in [4.78, 5) is 8.46. The largest absolute Gasteiger partial charge is 0.397 e. The van der Waals surface area contributed by atoms with Crippen LogP contribution in [0.2, 0.25) is 0 Å². The van der Waals surface area contributed by atoms with Gasteiger partial charge in [-0.2, -0.15) is 0 Å². The molecule has 5 heteroatoms. The second-order valence-electron chi connectivity index (χ2n) is 5.30. The summed E-state index contributed by atoms with van der Waals surface area (Å²) in [5.74, 6) is 0.720. The molecule has 0 spiro atoms. The Balaban J connectivity index is 2.59. The molecular weight excluding hydrogens is 286 g/mol. The summed E-state index contributed by atoms with van der Waals surface area (Å²) in [6.45, 7) is 11.8. The molecule has 0 unspecified atom stereocenters. The lowest BCUT2D eigenvalue weighted by molar-refractivity contribution is 1.06. The van der Waals surface area contributed by atoms with E-state index < -0.39 is 0 Å². The third-order valence-electron chi connectivity index (χ3n) is 3.46. The van der Waals surface area contributed by atoms with E-state index in [1.165, 1.54) is 0 Å². The van der Waals surface area contributed by atoms with E-state index >= 15 is 0 Å². The van der Waals surface area contributed by atoms with Crippen molar-refractivity contribution in [3.05, 3.63) is 66.4 Å². The van der Waals surface area contributed by atoms with Crippen LogP contribution in [0, 0.1) is 19.3 Å². The van der Waals surface area contributed by atoms with Crippen molar-refractivity contribution in [3.63, 3.8) is 0 Å². The molecule has 0 saturated heterocycles. The summed E-state index contributed by atoms with van der Waals surface area (Å²) < 4.78 is 0. The molecule has 0 amide bonds. The van der Waals surface area contributed by atoms with E-state index in [0.29, 0.717) is 12.1 Å². The monoisotopic (exact) mass is 307 g/mol. The van der Waals surface area contributed by atoms with Gasteiger partial charge < -0.3 is 11.1 Å². The Bertz CT molecular complexity index is 760. The van der Waals surface area contributed by atoms with Gasteiger partial charge in [0.05, 0.1) is 11.4 Å². The zero-order valence-corrected chi connectivity index (χ0v) is 13.5. The van der Waals surface area contributed by atoms with Crippen LogP contribution in [0.4, 0.5) is 5.69 Å². The van der Waals surface area contributed by atoms with Gasteiger partial charge in [0.1, 0.15) is 5.82 Å². The van der Waals surface area contributed by atoms with Gasteiger partial charge >= 0.3 is 0 Å². The van der Waals surface area contributed by atoms with Crippen molar-refractivity contribution in [1.82, 2.24) is 9.97 Å². The molecule has 0 atom stereocenters. The van der Waals surface area contributed by atoms with Crippen LogP contribution in [0.1, 0.15) is 17.0 Å². The third kappa shape index (κ3) is 3.63. The zero-order valence-electron chi connectivity index (χ0n) is 13.5. The first-order chi connectivity index (χ1) is 10.9. The second kappa shape index (κ2) is 6.87. The number of benzene rings is 1. The standard InChI is InChI=1S/C18H21N5/c1-5-6-21-18-11(2)7-14(8-16(18)17(20)12(3)19)15-9-22-13(4)23-10-15/h5,7-10,20-21H,1,3,6,19H2,2,4H3. The van der Waals surface area contributed by atoms with Crippen LogP contribution in [0.3, 0.4) is 0 Å². The number of nitrogens with zero attached hydrogens (tertiary/aromatic N) is 2. The highest BCUT2D eigenvalue weighted by atomic mass is 14.9. The van der Waals surface area contributed by atoms with Crippen LogP contribution in [0.15, 0.2) is 49.5 Å². The molecule has 0 bridgehead atoms. The van der Waals surface area contributed by atoms with E-state index in [1.807, 2.05) is 26.0 Å². The van der Waals surface area contributed by atoms with E-state index in [1.54, 1.807) is 18.5 Å². The molecule has 5 nitrogen and oxygen atoms in total. The Kier molecular flexibility index (Phi) is 4.91. The Labute approximate surface area is 136 Å². The van der Waals surface area contributed by atoms with Gasteiger partial charge in [-0.1, -0.05) is 12.7 Å². The molecule has 0 radical (unpaired) electrons. The average Bonchev–Trinajstić information content (AvgIpc) is 2.53. The molecule has 1 aromatic carbocycles. The number of nitrogens with two attached hydrogens (primary N) is 1. The molecule has 0 fully saturated rings. The smallest absolute Gasteiger partial charge is 0.125 e. The fourth-order valence-electron chi connectivity index (χ4n) is 2.27. The average molecular weight is 307 g/mol. The maximum Gasteiger partial charge on any atom is 0.125 e. The molecule has 0 aliphatic carbocycles. The molecule has 0 aliphatic rings. The van der Waals surface area contributed by atoms with Gasteiger partial charge in [-0.15, -0.1) is 6.58 Å². The normalized spacial score (nSPS) is 10.2. The zero-order chi connectivity index (χ0) is 17.0. The maximum absolute atomic E-state index is 8.23. The summed E-state index contributed by atoms with van der Waals surface area (Å²) >= 11 is 0. The minimum atomic E-state index is 0.203. The predicted octanol–water partition coefficient (Wildman–Crippen LogP) is 3.20. The topological polar surface area (TPSA) is 87.7 Å². The van der Waals surface area contributed by atoms with Crippen LogP contribution >= 0.6 is 0 Å². The molecule has 1 aromatic heterocycles. The number of aromatic nitrogens is 2. The molecule has 118 valence electrons. The lowest BCUT2D eigenvalue weighted by Gasteiger charge is -2.17. The molecule has 2 rings (SSSR count). The second-order valence-corrected chi connectivity index (χ2v) is 5.30. The Morgan fingerprint density at radius 1 is 1.26 bits per heavy atom. The van der Waals surface area contributed by atoms with Crippen molar-refractivity contribution >= 4 is 11.4 Å². The van der Waals surface area contributed by atoms with Crippen LogP contribution < -0.4 is 11.1 Å². The Hall–Kier alpha value is -2.95. The highest BCUT2D eigenvalue weighted by molar-refractivity contribution is 6.14. The summed E-state index contributed by atoms with van der Waals surface area (Å²) in [6, 6.07) is 3.95. The predicted molar refractivity (Wildman–Crippen MR) is 95.8 cm³/mol. The van der Waals surface area contributed by atoms with Gasteiger partial charge in [-0.25, -0.2) is 9.97 Å². The quantitative estimate of drug-likeness (QED) is 0.565. The number of nitrogens with one attached hydrogen (secondary N) is 2. The fourth-order valence-corrected chi connectivity index (χ4v) is 2.27. The molecule has 0 aliphatic heterocycles. The van der Waals surface area contributed by atoms with Crippen LogP contribution in [-0.2, 0) is 0 Å². The summed E-state index contributed by atoms with van der Waals surface area (Å²) in [5.41, 5.74) is 10.6. The fraction of sp³-hybridized carbons (Fsp3) is 0.167. The number of rotatable bonds is 6. The lowest BCUT2D eigenvalue weighted by Crippen LogP contribution is -2.14. The van der Waals surface area contributed by atoms with E-state index in [9.17, 15) is 0 Å². The maximum atomic E-state index is 8.23. The number of hydrogen-bond donors (Lipinski definition) is 3. The van der Waals surface area contributed by atoms with E-state index in [-0.39, 0.29) is 11.4 Å². The summed E-state index contributed by atoms with van der Waals surface area (Å²) in [6.07, 6.45) is 5.32. The van der Waals surface area contributed by atoms with Gasteiger partial charge in [0.25, 0.3) is 0 Å². The van der Waals surface area contributed by atoms with Gasteiger partial charge in [0, 0.05) is 35.8 Å². The summed E-state index contributed by atoms with van der Waals surface area (Å²) in [5, 5.41) is 11.5. The van der Waals surface area contributed by atoms with Gasteiger partial charge in [-0.3, -0.25) is 5.41 Å². The van der Waals surface area contributed by atoms with Gasteiger partial charge in [0.15, 0.2) is 0 Å². The number of anilines is 1. The van der Waals surface area contributed by atoms with E-state index in [2.05, 4.69) is 28.4 Å². The number of hydrogen-bond acceptors (Lipinski definition) is 5.